The molecule has 0 unspecified atom stereocenters. The number of guanidine groups is 1. The van der Waals surface area contributed by atoms with Crippen LogP contribution in [0.5, 0.6) is 17.2 Å². The summed E-state index contributed by atoms with van der Waals surface area (Å²) in [7, 11) is 8.12. The first-order valence-electron chi connectivity index (χ1n) is 9.52. The predicted octanol–water partition coefficient (Wildman–Crippen LogP) is 1.67. The number of carbonyl (C=O) groups is 1. The molecule has 0 saturated carbocycles. The Labute approximate surface area is 177 Å². The molecule has 0 aliphatic rings. The lowest BCUT2D eigenvalue weighted by Crippen LogP contribution is -2.43. The Bertz CT molecular complexity index is 809. The van der Waals surface area contributed by atoms with Crippen molar-refractivity contribution in [2.24, 2.45) is 4.99 Å². The van der Waals surface area contributed by atoms with E-state index in [4.69, 9.17) is 18.6 Å². The molecule has 9 nitrogen and oxygen atoms in total. The molecule has 0 radical (unpaired) electrons. The van der Waals surface area contributed by atoms with Crippen LogP contribution in [-0.4, -0.2) is 65.3 Å². The molecular formula is C21H30N4O5. The fourth-order valence-corrected chi connectivity index (χ4v) is 2.65. The smallest absolute Gasteiger partial charge is 0.241 e. The van der Waals surface area contributed by atoms with Crippen molar-refractivity contribution in [3.05, 3.63) is 41.9 Å². The summed E-state index contributed by atoms with van der Waals surface area (Å²) in [5, 5.41) is 6.28. The van der Waals surface area contributed by atoms with Crippen LogP contribution in [0.1, 0.15) is 11.3 Å². The van der Waals surface area contributed by atoms with Crippen LogP contribution in [0.2, 0.25) is 0 Å². The monoisotopic (exact) mass is 418 g/mol. The number of methoxy groups -OCH3 is 3. The maximum absolute atomic E-state index is 11.9. The highest BCUT2D eigenvalue weighted by Gasteiger charge is 2.13. The Morgan fingerprint density at radius 2 is 1.80 bits per heavy atom. The fourth-order valence-electron chi connectivity index (χ4n) is 2.65. The standard InChI is InChI=1S/C21H30N4O5/c1-25(2)19(26)14-24-21(22-9-8-16-7-6-10-30-16)23-13-15-11-17(27-3)20(29-5)18(12-15)28-4/h6-7,10-12H,8-9,13-14H2,1-5H3,(H2,22,23,24). The molecule has 1 aromatic carbocycles. The lowest BCUT2D eigenvalue weighted by molar-refractivity contribution is -0.127. The van der Waals surface area contributed by atoms with Gasteiger partial charge in [-0.25, -0.2) is 4.99 Å². The van der Waals surface area contributed by atoms with Crippen LogP contribution in [0, 0.1) is 0 Å². The molecule has 164 valence electrons. The second kappa shape index (κ2) is 11.6. The number of furan rings is 1. The molecule has 9 heteroatoms. The number of carbonyl (C=O) groups excluding carboxylic acids is 1. The summed E-state index contributed by atoms with van der Waals surface area (Å²) in [5.41, 5.74) is 0.871. The minimum atomic E-state index is -0.0525. The molecule has 1 heterocycles. The Kier molecular flexibility index (Phi) is 8.86. The molecule has 0 bridgehead atoms. The molecule has 2 aromatic rings. The number of likely N-dealkylation sites (N-methyl/N-ethyl adjacent to an activating group) is 1. The Morgan fingerprint density at radius 3 is 2.33 bits per heavy atom. The van der Waals surface area contributed by atoms with Gasteiger partial charge in [0.2, 0.25) is 11.7 Å². The summed E-state index contributed by atoms with van der Waals surface area (Å²) < 4.78 is 21.5. The van der Waals surface area contributed by atoms with E-state index < -0.39 is 0 Å². The summed E-state index contributed by atoms with van der Waals surface area (Å²) in [6, 6.07) is 7.45. The predicted molar refractivity (Wildman–Crippen MR) is 114 cm³/mol. The van der Waals surface area contributed by atoms with Gasteiger partial charge in [0, 0.05) is 27.1 Å². The third-order valence-corrected chi connectivity index (χ3v) is 4.29. The Hall–Kier alpha value is -3.36. The second-order valence-corrected chi connectivity index (χ2v) is 6.60. The van der Waals surface area contributed by atoms with Gasteiger partial charge >= 0.3 is 0 Å². The summed E-state index contributed by atoms with van der Waals surface area (Å²) in [5.74, 6) is 2.99. The Morgan fingerprint density at radius 1 is 1.10 bits per heavy atom. The van der Waals surface area contributed by atoms with E-state index in [9.17, 15) is 4.79 Å². The maximum atomic E-state index is 11.9. The van der Waals surface area contributed by atoms with E-state index in [1.807, 2.05) is 24.3 Å². The van der Waals surface area contributed by atoms with Gasteiger partial charge in [-0.1, -0.05) is 0 Å². The van der Waals surface area contributed by atoms with Gasteiger partial charge in [-0.05, 0) is 29.8 Å². The number of ether oxygens (including phenoxy) is 3. The average molecular weight is 418 g/mol. The average Bonchev–Trinajstić information content (AvgIpc) is 3.27. The van der Waals surface area contributed by atoms with E-state index in [-0.39, 0.29) is 12.5 Å². The molecule has 0 atom stereocenters. The van der Waals surface area contributed by atoms with Gasteiger partial charge in [-0.2, -0.15) is 0 Å². The summed E-state index contributed by atoms with van der Waals surface area (Å²) >= 11 is 0. The van der Waals surface area contributed by atoms with Crippen molar-refractivity contribution in [2.75, 3.05) is 48.5 Å². The molecule has 2 rings (SSSR count). The van der Waals surface area contributed by atoms with Crippen LogP contribution in [-0.2, 0) is 17.8 Å². The number of nitrogens with zero attached hydrogens (tertiary/aromatic N) is 2. The number of aliphatic imine (C=N–C) groups is 1. The highest BCUT2D eigenvalue weighted by Crippen LogP contribution is 2.38. The van der Waals surface area contributed by atoms with E-state index >= 15 is 0 Å². The number of hydrogen-bond acceptors (Lipinski definition) is 6. The van der Waals surface area contributed by atoms with Crippen molar-refractivity contribution < 1.29 is 23.4 Å². The molecule has 1 amide bonds. The Balaban J connectivity index is 2.12. The van der Waals surface area contributed by atoms with Crippen LogP contribution in [0.25, 0.3) is 0 Å². The maximum Gasteiger partial charge on any atom is 0.241 e. The SMILES string of the molecule is COc1cc(CN=C(NCCc2ccco2)NCC(=O)N(C)C)cc(OC)c1OC. The molecular weight excluding hydrogens is 388 g/mol. The number of amides is 1. The minimum Gasteiger partial charge on any atom is -0.493 e. The highest BCUT2D eigenvalue weighted by atomic mass is 16.5. The van der Waals surface area contributed by atoms with Crippen molar-refractivity contribution in [1.29, 1.82) is 0 Å². The van der Waals surface area contributed by atoms with E-state index in [0.29, 0.717) is 42.7 Å². The van der Waals surface area contributed by atoms with Crippen molar-refractivity contribution >= 4 is 11.9 Å². The molecule has 0 aliphatic heterocycles. The van der Waals surface area contributed by atoms with Gasteiger partial charge in [-0.3, -0.25) is 4.79 Å². The second-order valence-electron chi connectivity index (χ2n) is 6.60. The zero-order valence-corrected chi connectivity index (χ0v) is 18.2. The molecule has 0 aliphatic carbocycles. The van der Waals surface area contributed by atoms with Gasteiger partial charge in [0.15, 0.2) is 17.5 Å². The van der Waals surface area contributed by atoms with Gasteiger partial charge in [-0.15, -0.1) is 0 Å². The van der Waals surface area contributed by atoms with Gasteiger partial charge < -0.3 is 34.2 Å². The normalized spacial score (nSPS) is 11.0. The third-order valence-electron chi connectivity index (χ3n) is 4.29. The molecule has 30 heavy (non-hydrogen) atoms. The van der Waals surface area contributed by atoms with Gasteiger partial charge in [0.25, 0.3) is 0 Å². The summed E-state index contributed by atoms with van der Waals surface area (Å²) in [6.45, 7) is 1.09. The molecule has 0 spiro atoms. The fraction of sp³-hybridized carbons (Fsp3) is 0.429. The number of rotatable bonds is 10. The van der Waals surface area contributed by atoms with Crippen molar-refractivity contribution in [3.63, 3.8) is 0 Å². The number of hydrogen-bond donors (Lipinski definition) is 2. The summed E-state index contributed by atoms with van der Waals surface area (Å²) in [4.78, 5) is 18.1. The third kappa shape index (κ3) is 6.61. The summed E-state index contributed by atoms with van der Waals surface area (Å²) in [6.07, 6.45) is 2.34. The van der Waals surface area contributed by atoms with Crippen LogP contribution >= 0.6 is 0 Å². The lowest BCUT2D eigenvalue weighted by Gasteiger charge is -2.16. The first-order chi connectivity index (χ1) is 14.5. The largest absolute Gasteiger partial charge is 0.493 e. The quantitative estimate of drug-likeness (QED) is 0.447. The van der Waals surface area contributed by atoms with Gasteiger partial charge in [0.1, 0.15) is 5.76 Å². The highest BCUT2D eigenvalue weighted by molar-refractivity contribution is 5.86. The zero-order valence-electron chi connectivity index (χ0n) is 18.2. The molecule has 1 aromatic heterocycles. The molecule has 2 N–H and O–H groups in total. The van der Waals surface area contributed by atoms with E-state index in [0.717, 1.165) is 11.3 Å². The molecule has 0 fully saturated rings. The van der Waals surface area contributed by atoms with Crippen LogP contribution in [0.3, 0.4) is 0 Å². The topological polar surface area (TPSA) is 97.6 Å². The first-order valence-corrected chi connectivity index (χ1v) is 9.52. The van der Waals surface area contributed by atoms with Crippen molar-refractivity contribution in [3.8, 4) is 17.2 Å². The number of nitrogens with one attached hydrogen (secondary N) is 2. The molecule has 0 saturated heterocycles. The number of benzene rings is 1. The minimum absolute atomic E-state index is 0.0525. The lowest BCUT2D eigenvalue weighted by atomic mass is 10.2. The first kappa shape index (κ1) is 22.9. The van der Waals surface area contributed by atoms with Crippen LogP contribution < -0.4 is 24.8 Å². The van der Waals surface area contributed by atoms with Crippen molar-refractivity contribution in [1.82, 2.24) is 15.5 Å². The van der Waals surface area contributed by atoms with Crippen LogP contribution in [0.15, 0.2) is 39.9 Å². The van der Waals surface area contributed by atoms with E-state index in [2.05, 4.69) is 15.6 Å². The van der Waals surface area contributed by atoms with Crippen molar-refractivity contribution in [2.45, 2.75) is 13.0 Å². The van der Waals surface area contributed by atoms with Gasteiger partial charge in [0.05, 0.1) is 40.7 Å². The van der Waals surface area contributed by atoms with E-state index in [1.165, 1.54) is 4.90 Å². The zero-order chi connectivity index (χ0) is 21.9. The van der Waals surface area contributed by atoms with E-state index in [1.54, 1.807) is 41.7 Å². The van der Waals surface area contributed by atoms with Crippen LogP contribution in [0.4, 0.5) is 0 Å².